The maximum atomic E-state index is 12.2. The van der Waals surface area contributed by atoms with Crippen LogP contribution in [0.1, 0.15) is 49.4 Å². The molecule has 3 aromatic rings. The van der Waals surface area contributed by atoms with Crippen molar-refractivity contribution < 1.29 is 13.9 Å². The quantitative estimate of drug-likeness (QED) is 0.440. The lowest BCUT2D eigenvalue weighted by Crippen LogP contribution is -2.28. The van der Waals surface area contributed by atoms with E-state index in [1.54, 1.807) is 13.2 Å². The molecule has 1 aromatic heterocycles. The topological polar surface area (TPSA) is 48.7 Å². The van der Waals surface area contributed by atoms with E-state index in [4.69, 9.17) is 13.9 Å². The highest BCUT2D eigenvalue weighted by molar-refractivity contribution is 5.94. The predicted octanol–water partition coefficient (Wildman–Crippen LogP) is 5.34. The van der Waals surface area contributed by atoms with Crippen LogP contribution in [0.15, 0.2) is 51.7 Å². The molecule has 0 amide bonds. The third kappa shape index (κ3) is 3.84. The van der Waals surface area contributed by atoms with Gasteiger partial charge in [-0.1, -0.05) is 31.3 Å². The summed E-state index contributed by atoms with van der Waals surface area (Å²) in [4.78, 5) is 12.2. The summed E-state index contributed by atoms with van der Waals surface area (Å²) in [6.45, 7) is 6.10. The summed E-state index contributed by atoms with van der Waals surface area (Å²) in [6, 6.07) is 11.0. The van der Waals surface area contributed by atoms with Crippen molar-refractivity contribution in [1.29, 1.82) is 0 Å². The van der Waals surface area contributed by atoms with E-state index in [0.29, 0.717) is 5.58 Å². The van der Waals surface area contributed by atoms with Crippen LogP contribution in [0.25, 0.3) is 17.0 Å². The molecule has 4 rings (SSSR count). The van der Waals surface area contributed by atoms with Gasteiger partial charge in [-0.15, -0.1) is 0 Å². The van der Waals surface area contributed by atoms with Gasteiger partial charge >= 0.3 is 5.63 Å². The number of methoxy groups -OCH3 is 1. The van der Waals surface area contributed by atoms with Crippen molar-refractivity contribution in [3.8, 4) is 23.3 Å². The molecular formula is C26H24O4. The van der Waals surface area contributed by atoms with E-state index in [1.807, 2.05) is 50.3 Å². The van der Waals surface area contributed by atoms with Crippen molar-refractivity contribution >= 4 is 17.0 Å². The lowest BCUT2D eigenvalue weighted by Gasteiger charge is -2.29. The molecule has 0 atom stereocenters. The van der Waals surface area contributed by atoms with Gasteiger partial charge in [0.2, 0.25) is 0 Å². The second kappa shape index (κ2) is 7.76. The average Bonchev–Trinajstić information content (AvgIpc) is 2.71. The van der Waals surface area contributed by atoms with Gasteiger partial charge in [-0.05, 0) is 62.2 Å². The number of benzene rings is 2. The molecule has 0 bridgehead atoms. The maximum absolute atomic E-state index is 12.2. The summed E-state index contributed by atoms with van der Waals surface area (Å²) < 4.78 is 17.1. The van der Waals surface area contributed by atoms with Gasteiger partial charge in [0.15, 0.2) is 0 Å². The van der Waals surface area contributed by atoms with Gasteiger partial charge in [-0.25, -0.2) is 4.79 Å². The van der Waals surface area contributed by atoms with Crippen molar-refractivity contribution in [3.63, 3.8) is 0 Å². The summed E-state index contributed by atoms with van der Waals surface area (Å²) >= 11 is 0. The lowest BCUT2D eigenvalue weighted by atomic mass is 9.93. The highest BCUT2D eigenvalue weighted by atomic mass is 16.5. The van der Waals surface area contributed by atoms with E-state index in [0.717, 1.165) is 52.0 Å². The smallest absolute Gasteiger partial charge is 0.336 e. The van der Waals surface area contributed by atoms with Crippen molar-refractivity contribution in [2.45, 2.75) is 39.2 Å². The molecule has 0 spiro atoms. The first kappa shape index (κ1) is 19.8. The van der Waals surface area contributed by atoms with Crippen molar-refractivity contribution in [3.05, 3.63) is 75.1 Å². The molecule has 2 aromatic carbocycles. The van der Waals surface area contributed by atoms with Crippen LogP contribution in [-0.2, 0) is 6.42 Å². The number of rotatable bonds is 3. The van der Waals surface area contributed by atoms with Crippen molar-refractivity contribution in [1.82, 2.24) is 0 Å². The Morgan fingerprint density at radius 3 is 2.57 bits per heavy atom. The van der Waals surface area contributed by atoms with Crippen LogP contribution < -0.4 is 15.1 Å². The summed E-state index contributed by atoms with van der Waals surface area (Å²) in [5.41, 5.74) is 3.18. The Balaban J connectivity index is 1.93. The zero-order chi connectivity index (χ0) is 21.3. The Morgan fingerprint density at radius 2 is 1.87 bits per heavy atom. The molecule has 152 valence electrons. The Bertz CT molecular complexity index is 1250. The third-order valence-corrected chi connectivity index (χ3v) is 5.07. The van der Waals surface area contributed by atoms with Gasteiger partial charge in [-0.3, -0.25) is 0 Å². The van der Waals surface area contributed by atoms with Crippen LogP contribution >= 0.6 is 0 Å². The first-order valence-corrected chi connectivity index (χ1v) is 10.1. The first-order chi connectivity index (χ1) is 14.4. The Morgan fingerprint density at radius 1 is 1.10 bits per heavy atom. The molecule has 0 saturated heterocycles. The SMILES string of the molecule is CCCc1cc(=O)oc2cc(C#Cc3ccc(OC)cc3)c3c(c12)OC(C)(C)C=C3. The molecule has 1 aliphatic heterocycles. The summed E-state index contributed by atoms with van der Waals surface area (Å²) in [7, 11) is 1.64. The van der Waals surface area contributed by atoms with Gasteiger partial charge in [-0.2, -0.15) is 0 Å². The third-order valence-electron chi connectivity index (χ3n) is 5.07. The number of fused-ring (bicyclic) bond motifs is 3. The van der Waals surface area contributed by atoms with Crippen LogP contribution in [0, 0.1) is 11.8 Å². The molecule has 4 heteroatoms. The fraction of sp³-hybridized carbons (Fsp3) is 0.269. The number of hydrogen-bond acceptors (Lipinski definition) is 4. The van der Waals surface area contributed by atoms with E-state index in [-0.39, 0.29) is 5.63 Å². The Kier molecular flexibility index (Phi) is 5.13. The van der Waals surface area contributed by atoms with Gasteiger partial charge in [0.1, 0.15) is 22.7 Å². The number of ether oxygens (including phenoxy) is 2. The van der Waals surface area contributed by atoms with Crippen LogP contribution in [0.2, 0.25) is 0 Å². The molecule has 30 heavy (non-hydrogen) atoms. The predicted molar refractivity (Wildman–Crippen MR) is 119 cm³/mol. The average molecular weight is 400 g/mol. The van der Waals surface area contributed by atoms with Crippen LogP contribution in [0.4, 0.5) is 0 Å². The molecule has 2 heterocycles. The molecule has 0 fully saturated rings. The summed E-state index contributed by atoms with van der Waals surface area (Å²) in [5.74, 6) is 7.93. The van der Waals surface area contributed by atoms with Gasteiger partial charge in [0.25, 0.3) is 0 Å². The molecule has 1 aliphatic rings. The van der Waals surface area contributed by atoms with Crippen molar-refractivity contribution in [2.24, 2.45) is 0 Å². The fourth-order valence-corrected chi connectivity index (χ4v) is 3.62. The fourth-order valence-electron chi connectivity index (χ4n) is 3.62. The van der Waals surface area contributed by atoms with Crippen LogP contribution in [-0.4, -0.2) is 12.7 Å². The molecule has 0 N–H and O–H groups in total. The van der Waals surface area contributed by atoms with E-state index >= 15 is 0 Å². The highest BCUT2D eigenvalue weighted by Gasteiger charge is 2.27. The van der Waals surface area contributed by atoms with E-state index in [1.165, 1.54) is 0 Å². The number of aryl methyl sites for hydroxylation is 1. The van der Waals surface area contributed by atoms with Gasteiger partial charge < -0.3 is 13.9 Å². The second-order valence-electron chi connectivity index (χ2n) is 7.90. The van der Waals surface area contributed by atoms with E-state index in [2.05, 4.69) is 24.8 Å². The van der Waals surface area contributed by atoms with E-state index in [9.17, 15) is 4.79 Å². The molecular weight excluding hydrogens is 376 g/mol. The maximum Gasteiger partial charge on any atom is 0.336 e. The lowest BCUT2D eigenvalue weighted by molar-refractivity contribution is 0.161. The first-order valence-electron chi connectivity index (χ1n) is 10.1. The zero-order valence-electron chi connectivity index (χ0n) is 17.7. The Labute approximate surface area is 176 Å². The van der Waals surface area contributed by atoms with Crippen LogP contribution in [0.5, 0.6) is 11.5 Å². The molecule has 4 nitrogen and oxygen atoms in total. The minimum Gasteiger partial charge on any atom is -0.497 e. The van der Waals surface area contributed by atoms with Gasteiger partial charge in [0.05, 0.1) is 12.5 Å². The molecule has 0 unspecified atom stereocenters. The molecule has 0 saturated carbocycles. The zero-order valence-corrected chi connectivity index (χ0v) is 17.7. The summed E-state index contributed by atoms with van der Waals surface area (Å²) in [6.07, 6.45) is 5.78. The minimum absolute atomic E-state index is 0.356. The molecule has 0 radical (unpaired) electrons. The monoisotopic (exact) mass is 400 g/mol. The van der Waals surface area contributed by atoms with Crippen LogP contribution in [0.3, 0.4) is 0 Å². The van der Waals surface area contributed by atoms with Crippen molar-refractivity contribution in [2.75, 3.05) is 7.11 Å². The Hall–Kier alpha value is -3.45. The highest BCUT2D eigenvalue weighted by Crippen LogP contribution is 2.40. The summed E-state index contributed by atoms with van der Waals surface area (Å²) in [5, 5.41) is 0.860. The minimum atomic E-state index is -0.457. The van der Waals surface area contributed by atoms with E-state index < -0.39 is 5.60 Å². The number of hydrogen-bond donors (Lipinski definition) is 0. The molecule has 0 aliphatic carbocycles. The van der Waals surface area contributed by atoms with Gasteiger partial charge in [0, 0.05) is 22.8 Å². The standard InChI is InChI=1S/C26H24O4/c1-5-6-19-16-23(27)29-22-15-18(10-7-17-8-11-20(28-4)12-9-17)21-13-14-26(2,3)30-25(21)24(19)22/h8-9,11-16H,5-6H2,1-4H3. The second-order valence-corrected chi connectivity index (χ2v) is 7.90. The normalized spacial score (nSPS) is 13.9. The largest absolute Gasteiger partial charge is 0.497 e.